The molecule has 25 heavy (non-hydrogen) atoms. The molecule has 0 aromatic heterocycles. The molecule has 7 nitrogen and oxygen atoms in total. The van der Waals surface area contributed by atoms with Crippen LogP contribution < -0.4 is 15.8 Å². The van der Waals surface area contributed by atoms with E-state index in [9.17, 15) is 9.59 Å². The molecule has 0 saturated carbocycles. The summed E-state index contributed by atoms with van der Waals surface area (Å²) in [4.78, 5) is 25.5. The number of morpholine rings is 1. The van der Waals surface area contributed by atoms with Gasteiger partial charge in [-0.2, -0.15) is 0 Å². The molecule has 2 amide bonds. The van der Waals surface area contributed by atoms with E-state index in [1.54, 1.807) is 24.3 Å². The van der Waals surface area contributed by atoms with E-state index in [1.807, 2.05) is 0 Å². The van der Waals surface area contributed by atoms with Gasteiger partial charge in [-0.3, -0.25) is 14.5 Å². The Morgan fingerprint density at radius 2 is 1.92 bits per heavy atom. The molecule has 0 aliphatic carbocycles. The Morgan fingerprint density at radius 1 is 1.28 bits per heavy atom. The number of carbonyl (C=O) groups excluding carboxylic acids is 2. The zero-order chi connectivity index (χ0) is 18.3. The van der Waals surface area contributed by atoms with Crippen molar-refractivity contribution < 1.29 is 19.1 Å². The van der Waals surface area contributed by atoms with E-state index in [2.05, 4.69) is 24.1 Å². The van der Waals surface area contributed by atoms with Gasteiger partial charge in [-0.05, 0) is 37.6 Å². The maximum atomic E-state index is 12.1. The molecule has 1 aliphatic rings. The maximum Gasteiger partial charge on any atom is 0.258 e. The van der Waals surface area contributed by atoms with Gasteiger partial charge >= 0.3 is 0 Å². The fraction of sp³-hybridized carbons (Fsp3) is 0.556. The van der Waals surface area contributed by atoms with E-state index >= 15 is 0 Å². The van der Waals surface area contributed by atoms with Gasteiger partial charge < -0.3 is 20.5 Å². The molecule has 2 rings (SSSR count). The van der Waals surface area contributed by atoms with Gasteiger partial charge in [0.05, 0.1) is 13.2 Å². The number of ether oxygens (including phenoxy) is 2. The minimum Gasteiger partial charge on any atom is -0.484 e. The van der Waals surface area contributed by atoms with Crippen LogP contribution in [0.3, 0.4) is 0 Å². The molecule has 1 aromatic rings. The van der Waals surface area contributed by atoms with Gasteiger partial charge in [0.1, 0.15) is 5.75 Å². The summed E-state index contributed by atoms with van der Waals surface area (Å²) in [7, 11) is 0. The Morgan fingerprint density at radius 3 is 2.48 bits per heavy atom. The second-order valence-electron chi connectivity index (χ2n) is 6.40. The molecular weight excluding hydrogens is 322 g/mol. The van der Waals surface area contributed by atoms with Crippen molar-refractivity contribution in [1.82, 2.24) is 10.2 Å². The third-order valence-electron chi connectivity index (χ3n) is 4.71. The van der Waals surface area contributed by atoms with Crippen LogP contribution in [0.5, 0.6) is 5.75 Å². The second kappa shape index (κ2) is 8.82. The summed E-state index contributed by atoms with van der Waals surface area (Å²) < 4.78 is 10.8. The summed E-state index contributed by atoms with van der Waals surface area (Å²) in [6.07, 6.45) is 0.933. The molecule has 1 atom stereocenters. The Balaban J connectivity index is 1.79. The average Bonchev–Trinajstić information content (AvgIpc) is 2.65. The summed E-state index contributed by atoms with van der Waals surface area (Å²) in [5.41, 5.74) is 5.49. The highest BCUT2D eigenvalue weighted by Gasteiger charge is 2.31. The molecule has 1 aliphatic heterocycles. The van der Waals surface area contributed by atoms with E-state index < -0.39 is 5.91 Å². The van der Waals surface area contributed by atoms with Crippen molar-refractivity contribution in [1.29, 1.82) is 0 Å². The number of hydrogen-bond acceptors (Lipinski definition) is 5. The van der Waals surface area contributed by atoms with Crippen molar-refractivity contribution >= 4 is 11.8 Å². The fourth-order valence-corrected chi connectivity index (χ4v) is 2.77. The highest BCUT2D eigenvalue weighted by Crippen LogP contribution is 2.20. The minimum atomic E-state index is -0.494. The van der Waals surface area contributed by atoms with Crippen LogP contribution >= 0.6 is 0 Å². The largest absolute Gasteiger partial charge is 0.484 e. The van der Waals surface area contributed by atoms with Gasteiger partial charge in [0.15, 0.2) is 6.61 Å². The summed E-state index contributed by atoms with van der Waals surface area (Å²) in [6.45, 7) is 7.99. The third kappa shape index (κ3) is 5.44. The SMILES string of the molecule is CC[C@@](C)(CNC(=O)COc1ccc(C(N)=O)cc1)N1CCOCC1. The smallest absolute Gasteiger partial charge is 0.258 e. The predicted octanol–water partition coefficient (Wildman–Crippen LogP) is 0.781. The third-order valence-corrected chi connectivity index (χ3v) is 4.71. The minimum absolute atomic E-state index is 0.0706. The summed E-state index contributed by atoms with van der Waals surface area (Å²) >= 11 is 0. The van der Waals surface area contributed by atoms with Crippen LogP contribution in [-0.2, 0) is 9.53 Å². The van der Waals surface area contributed by atoms with Gasteiger partial charge in [0.25, 0.3) is 5.91 Å². The van der Waals surface area contributed by atoms with Crippen LogP contribution in [0, 0.1) is 0 Å². The zero-order valence-electron chi connectivity index (χ0n) is 14.9. The number of amides is 2. The molecule has 138 valence electrons. The van der Waals surface area contributed by atoms with Gasteiger partial charge in [0.2, 0.25) is 5.91 Å². The summed E-state index contributed by atoms with van der Waals surface area (Å²) in [6, 6.07) is 6.39. The Labute approximate surface area is 148 Å². The van der Waals surface area contributed by atoms with E-state index in [0.29, 0.717) is 17.9 Å². The monoisotopic (exact) mass is 349 g/mol. The first kappa shape index (κ1) is 19.2. The van der Waals surface area contributed by atoms with Gasteiger partial charge in [-0.15, -0.1) is 0 Å². The van der Waals surface area contributed by atoms with Crippen molar-refractivity contribution in [3.63, 3.8) is 0 Å². The van der Waals surface area contributed by atoms with Crippen LogP contribution in [0.2, 0.25) is 0 Å². The van der Waals surface area contributed by atoms with Crippen molar-refractivity contribution in [3.05, 3.63) is 29.8 Å². The molecule has 0 bridgehead atoms. The second-order valence-corrected chi connectivity index (χ2v) is 6.40. The predicted molar refractivity (Wildman–Crippen MR) is 94.6 cm³/mol. The summed E-state index contributed by atoms with van der Waals surface area (Å²) in [5, 5.41) is 2.95. The number of nitrogens with zero attached hydrogens (tertiary/aromatic N) is 1. The fourth-order valence-electron chi connectivity index (χ4n) is 2.77. The van der Waals surface area contributed by atoms with Crippen molar-refractivity contribution in [3.8, 4) is 5.75 Å². The quantitative estimate of drug-likeness (QED) is 0.723. The van der Waals surface area contributed by atoms with E-state index in [0.717, 1.165) is 32.7 Å². The Kier molecular flexibility index (Phi) is 6.78. The molecule has 0 unspecified atom stereocenters. The highest BCUT2D eigenvalue weighted by molar-refractivity contribution is 5.92. The van der Waals surface area contributed by atoms with Gasteiger partial charge in [-0.1, -0.05) is 6.92 Å². The van der Waals surface area contributed by atoms with Crippen LogP contribution in [0.4, 0.5) is 0 Å². The molecule has 3 N–H and O–H groups in total. The maximum absolute atomic E-state index is 12.1. The number of primary amides is 1. The van der Waals surface area contributed by atoms with Crippen LogP contribution in [0.15, 0.2) is 24.3 Å². The highest BCUT2D eigenvalue weighted by atomic mass is 16.5. The molecule has 1 heterocycles. The lowest BCUT2D eigenvalue weighted by atomic mass is 9.95. The van der Waals surface area contributed by atoms with Crippen LogP contribution in [-0.4, -0.2) is 61.7 Å². The lowest BCUT2D eigenvalue weighted by Gasteiger charge is -2.43. The molecule has 0 radical (unpaired) electrons. The number of hydrogen-bond donors (Lipinski definition) is 2. The molecule has 1 saturated heterocycles. The Bertz CT molecular complexity index is 584. The summed E-state index contributed by atoms with van der Waals surface area (Å²) in [5.74, 6) is -0.148. The topological polar surface area (TPSA) is 93.9 Å². The van der Waals surface area contributed by atoms with E-state index in [1.165, 1.54) is 0 Å². The number of nitrogens with two attached hydrogens (primary N) is 1. The number of benzene rings is 1. The average molecular weight is 349 g/mol. The lowest BCUT2D eigenvalue weighted by Crippen LogP contribution is -2.57. The van der Waals surface area contributed by atoms with Gasteiger partial charge in [-0.25, -0.2) is 0 Å². The van der Waals surface area contributed by atoms with E-state index in [4.69, 9.17) is 15.2 Å². The van der Waals surface area contributed by atoms with Crippen LogP contribution in [0.1, 0.15) is 30.6 Å². The first-order chi connectivity index (χ1) is 11.9. The Hall–Kier alpha value is -2.12. The zero-order valence-corrected chi connectivity index (χ0v) is 14.9. The number of rotatable bonds is 8. The molecular formula is C18H27N3O4. The molecule has 0 spiro atoms. The van der Waals surface area contributed by atoms with Crippen molar-refractivity contribution in [2.24, 2.45) is 5.73 Å². The standard InChI is InChI=1S/C18H27N3O4/c1-3-18(2,21-8-10-24-11-9-21)13-20-16(22)12-25-15-6-4-14(5-7-15)17(19)23/h4-7H,3,8-13H2,1-2H3,(H2,19,23)(H,20,22)/t18-/m0/s1. The first-order valence-electron chi connectivity index (χ1n) is 8.57. The number of nitrogens with one attached hydrogen (secondary N) is 1. The van der Waals surface area contributed by atoms with Crippen molar-refractivity contribution in [2.75, 3.05) is 39.5 Å². The number of carbonyl (C=O) groups is 2. The molecule has 1 fully saturated rings. The normalized spacial score (nSPS) is 17.5. The van der Waals surface area contributed by atoms with Crippen molar-refractivity contribution in [2.45, 2.75) is 25.8 Å². The molecule has 7 heteroatoms. The molecule has 1 aromatic carbocycles. The lowest BCUT2D eigenvalue weighted by molar-refractivity contribution is -0.124. The van der Waals surface area contributed by atoms with E-state index in [-0.39, 0.29) is 18.1 Å². The first-order valence-corrected chi connectivity index (χ1v) is 8.57. The van der Waals surface area contributed by atoms with Gasteiger partial charge in [0, 0.05) is 30.7 Å². The van der Waals surface area contributed by atoms with Crippen LogP contribution in [0.25, 0.3) is 0 Å².